The Morgan fingerprint density at radius 3 is 2.60 bits per heavy atom. The predicted molar refractivity (Wildman–Crippen MR) is 67.8 cm³/mol. The Bertz CT molecular complexity index is 431. The molecular weight excluding hydrogens is 295 g/mol. The first-order chi connectivity index (χ1) is 9.46. The number of ether oxygens (including phenoxy) is 1. The van der Waals surface area contributed by atoms with Gasteiger partial charge in [0.1, 0.15) is 13.2 Å². The van der Waals surface area contributed by atoms with E-state index in [0.717, 1.165) is 5.13 Å². The third-order valence-corrected chi connectivity index (χ3v) is 3.65. The van der Waals surface area contributed by atoms with Gasteiger partial charge >= 0.3 is 6.18 Å². The van der Waals surface area contributed by atoms with E-state index in [1.807, 2.05) is 10.3 Å². The second-order valence-corrected chi connectivity index (χ2v) is 5.16. The summed E-state index contributed by atoms with van der Waals surface area (Å²) in [6, 6.07) is 0. The minimum Gasteiger partial charge on any atom is -0.362 e. The van der Waals surface area contributed by atoms with Crippen molar-refractivity contribution in [3.63, 3.8) is 0 Å². The van der Waals surface area contributed by atoms with Gasteiger partial charge in [-0.15, -0.1) is 11.3 Å². The van der Waals surface area contributed by atoms with Crippen molar-refractivity contribution >= 4 is 22.4 Å². The van der Waals surface area contributed by atoms with Crippen LogP contribution >= 0.6 is 11.3 Å². The standard InChI is InChI=1S/C11H14F3N3O2S/c12-11(13,14)8-19-7-9(18)16-2-4-17(5-3-16)10-15-1-6-20-10/h1,6H,2-5,7-8H2. The number of alkyl halides is 3. The van der Waals surface area contributed by atoms with Crippen LogP contribution in [0.4, 0.5) is 18.3 Å². The average Bonchev–Trinajstić information content (AvgIpc) is 2.91. The Hall–Kier alpha value is -1.35. The number of halogens is 3. The molecule has 20 heavy (non-hydrogen) atoms. The van der Waals surface area contributed by atoms with Gasteiger partial charge in [-0.2, -0.15) is 13.2 Å². The van der Waals surface area contributed by atoms with Crippen LogP contribution in [-0.2, 0) is 9.53 Å². The van der Waals surface area contributed by atoms with Crippen LogP contribution in [0.1, 0.15) is 0 Å². The fourth-order valence-electron chi connectivity index (χ4n) is 1.86. The number of thiazole rings is 1. The Kier molecular flexibility index (Phi) is 4.81. The Balaban J connectivity index is 1.72. The van der Waals surface area contributed by atoms with E-state index < -0.39 is 25.3 Å². The lowest BCUT2D eigenvalue weighted by atomic mass is 10.3. The third-order valence-electron chi connectivity index (χ3n) is 2.81. The van der Waals surface area contributed by atoms with E-state index >= 15 is 0 Å². The van der Waals surface area contributed by atoms with E-state index in [1.165, 1.54) is 16.2 Å². The second-order valence-electron chi connectivity index (χ2n) is 4.29. The molecule has 1 saturated heterocycles. The zero-order valence-corrected chi connectivity index (χ0v) is 11.4. The molecule has 0 bridgehead atoms. The Morgan fingerprint density at radius 1 is 1.35 bits per heavy atom. The highest BCUT2D eigenvalue weighted by Gasteiger charge is 2.29. The molecule has 2 heterocycles. The molecule has 1 aliphatic heterocycles. The normalized spacial score (nSPS) is 16.6. The van der Waals surface area contributed by atoms with Gasteiger partial charge in [-0.05, 0) is 0 Å². The van der Waals surface area contributed by atoms with Crippen molar-refractivity contribution in [3.05, 3.63) is 11.6 Å². The van der Waals surface area contributed by atoms with Crippen LogP contribution in [-0.4, -0.2) is 61.4 Å². The van der Waals surface area contributed by atoms with Gasteiger partial charge in [-0.1, -0.05) is 0 Å². The molecule has 0 unspecified atom stereocenters. The van der Waals surface area contributed by atoms with Crippen LogP contribution in [0.15, 0.2) is 11.6 Å². The number of aromatic nitrogens is 1. The highest BCUT2D eigenvalue weighted by molar-refractivity contribution is 7.13. The molecule has 0 N–H and O–H groups in total. The lowest BCUT2D eigenvalue weighted by molar-refractivity contribution is -0.177. The van der Waals surface area contributed by atoms with Gasteiger partial charge in [-0.3, -0.25) is 4.79 Å². The highest BCUT2D eigenvalue weighted by atomic mass is 32.1. The van der Waals surface area contributed by atoms with Crippen LogP contribution in [0.3, 0.4) is 0 Å². The van der Waals surface area contributed by atoms with E-state index in [-0.39, 0.29) is 0 Å². The van der Waals surface area contributed by atoms with Crippen molar-refractivity contribution in [3.8, 4) is 0 Å². The minimum atomic E-state index is -4.40. The molecule has 1 fully saturated rings. The summed E-state index contributed by atoms with van der Waals surface area (Å²) in [6.07, 6.45) is -2.69. The summed E-state index contributed by atoms with van der Waals surface area (Å²) in [5.74, 6) is -0.409. The van der Waals surface area contributed by atoms with Crippen LogP contribution in [0.2, 0.25) is 0 Å². The van der Waals surface area contributed by atoms with Gasteiger partial charge in [0.2, 0.25) is 5.91 Å². The van der Waals surface area contributed by atoms with Crippen molar-refractivity contribution in [1.82, 2.24) is 9.88 Å². The summed E-state index contributed by atoms with van der Waals surface area (Å²) in [5.41, 5.74) is 0. The summed E-state index contributed by atoms with van der Waals surface area (Å²) in [7, 11) is 0. The first kappa shape index (κ1) is 15.0. The minimum absolute atomic E-state index is 0.409. The fourth-order valence-corrected chi connectivity index (χ4v) is 2.56. The number of amides is 1. The average molecular weight is 309 g/mol. The SMILES string of the molecule is O=C(COCC(F)(F)F)N1CCN(c2nccs2)CC1. The van der Waals surface area contributed by atoms with Gasteiger partial charge in [0, 0.05) is 37.8 Å². The summed E-state index contributed by atoms with van der Waals surface area (Å²) in [6.45, 7) is 0.257. The molecule has 0 saturated carbocycles. The molecule has 1 aliphatic rings. The summed E-state index contributed by atoms with van der Waals surface area (Å²) >= 11 is 1.52. The molecule has 1 aromatic heterocycles. The first-order valence-electron chi connectivity index (χ1n) is 6.02. The summed E-state index contributed by atoms with van der Waals surface area (Å²) < 4.78 is 40.1. The van der Waals surface area contributed by atoms with Gasteiger partial charge in [0.05, 0.1) is 0 Å². The molecular formula is C11H14F3N3O2S. The molecule has 2 rings (SSSR count). The largest absolute Gasteiger partial charge is 0.411 e. The van der Waals surface area contributed by atoms with Crippen LogP contribution < -0.4 is 4.90 Å². The lowest BCUT2D eigenvalue weighted by Crippen LogP contribution is -2.49. The molecule has 9 heteroatoms. The highest BCUT2D eigenvalue weighted by Crippen LogP contribution is 2.19. The first-order valence-corrected chi connectivity index (χ1v) is 6.90. The molecule has 112 valence electrons. The van der Waals surface area contributed by atoms with Gasteiger partial charge in [0.25, 0.3) is 0 Å². The van der Waals surface area contributed by atoms with Crippen molar-refractivity contribution < 1.29 is 22.7 Å². The molecule has 0 atom stereocenters. The number of rotatable bonds is 4. The topological polar surface area (TPSA) is 45.7 Å². The van der Waals surface area contributed by atoms with Crippen molar-refractivity contribution in [2.45, 2.75) is 6.18 Å². The number of carbonyl (C=O) groups is 1. The molecule has 0 aromatic carbocycles. The van der Waals surface area contributed by atoms with Crippen molar-refractivity contribution in [2.24, 2.45) is 0 Å². The van der Waals surface area contributed by atoms with Gasteiger partial charge in [-0.25, -0.2) is 4.98 Å². The van der Waals surface area contributed by atoms with Gasteiger partial charge < -0.3 is 14.5 Å². The van der Waals surface area contributed by atoms with E-state index in [4.69, 9.17) is 0 Å². The maximum atomic E-state index is 11.9. The number of hydrogen-bond donors (Lipinski definition) is 0. The zero-order valence-electron chi connectivity index (χ0n) is 10.6. The van der Waals surface area contributed by atoms with Crippen LogP contribution in [0, 0.1) is 0 Å². The van der Waals surface area contributed by atoms with Gasteiger partial charge in [0.15, 0.2) is 5.13 Å². The van der Waals surface area contributed by atoms with Crippen LogP contribution in [0.25, 0.3) is 0 Å². The fraction of sp³-hybridized carbons (Fsp3) is 0.636. The maximum Gasteiger partial charge on any atom is 0.411 e. The lowest BCUT2D eigenvalue weighted by Gasteiger charge is -2.34. The smallest absolute Gasteiger partial charge is 0.362 e. The Labute approximate surface area is 117 Å². The van der Waals surface area contributed by atoms with Crippen molar-refractivity contribution in [1.29, 1.82) is 0 Å². The van der Waals surface area contributed by atoms with E-state index in [1.54, 1.807) is 6.20 Å². The van der Waals surface area contributed by atoms with Crippen molar-refractivity contribution in [2.75, 3.05) is 44.3 Å². The molecule has 1 aromatic rings. The number of nitrogens with zero attached hydrogens (tertiary/aromatic N) is 3. The summed E-state index contributed by atoms with van der Waals surface area (Å²) in [5, 5.41) is 2.77. The summed E-state index contributed by atoms with van der Waals surface area (Å²) in [4.78, 5) is 19.4. The number of anilines is 1. The molecule has 1 amide bonds. The monoisotopic (exact) mass is 309 g/mol. The third kappa shape index (κ3) is 4.34. The quantitative estimate of drug-likeness (QED) is 0.843. The molecule has 0 radical (unpaired) electrons. The van der Waals surface area contributed by atoms with E-state index in [2.05, 4.69) is 9.72 Å². The maximum absolute atomic E-state index is 11.9. The number of piperazine rings is 1. The number of carbonyl (C=O) groups excluding carboxylic acids is 1. The molecule has 5 nitrogen and oxygen atoms in total. The number of hydrogen-bond acceptors (Lipinski definition) is 5. The van der Waals surface area contributed by atoms with E-state index in [9.17, 15) is 18.0 Å². The van der Waals surface area contributed by atoms with E-state index in [0.29, 0.717) is 26.2 Å². The van der Waals surface area contributed by atoms with Crippen LogP contribution in [0.5, 0.6) is 0 Å². The molecule has 0 aliphatic carbocycles. The molecule has 0 spiro atoms. The Morgan fingerprint density at radius 2 is 2.05 bits per heavy atom. The predicted octanol–water partition coefficient (Wildman–Crippen LogP) is 1.37. The zero-order chi connectivity index (χ0) is 14.6. The second kappa shape index (κ2) is 6.40.